The van der Waals surface area contributed by atoms with Gasteiger partial charge in [-0.15, -0.1) is 0 Å². The highest BCUT2D eigenvalue weighted by Gasteiger charge is 2.04. The molecule has 3 rings (SSSR count). The Kier molecular flexibility index (Phi) is 3.11. The van der Waals surface area contributed by atoms with Gasteiger partial charge in [-0.05, 0) is 49.2 Å². The summed E-state index contributed by atoms with van der Waals surface area (Å²) in [5, 5.41) is 0. The summed E-state index contributed by atoms with van der Waals surface area (Å²) in [6.45, 7) is 4.17. The lowest BCUT2D eigenvalue weighted by atomic mass is 10.1. The van der Waals surface area contributed by atoms with Crippen LogP contribution in [0, 0.1) is 13.8 Å². The minimum Gasteiger partial charge on any atom is -0.326 e. The number of rotatable bonds is 2. The van der Waals surface area contributed by atoms with Gasteiger partial charge in [-0.25, -0.2) is 4.98 Å². The number of fused-ring (bicyclic) bond motifs is 1. The molecule has 100 valence electrons. The van der Waals surface area contributed by atoms with E-state index in [2.05, 4.69) is 52.7 Å². The van der Waals surface area contributed by atoms with Crippen molar-refractivity contribution in [2.45, 2.75) is 13.8 Å². The highest BCUT2D eigenvalue weighted by atomic mass is 15.1. The van der Waals surface area contributed by atoms with Crippen LogP contribution in [0.5, 0.6) is 0 Å². The molecule has 1 aromatic heterocycles. The van der Waals surface area contributed by atoms with Crippen LogP contribution in [-0.2, 0) is 7.05 Å². The number of nitrogens with zero attached hydrogens (tertiary/aromatic N) is 3. The monoisotopic (exact) mass is 263 g/mol. The molecule has 0 fully saturated rings. The Morgan fingerprint density at radius 2 is 1.75 bits per heavy atom. The van der Waals surface area contributed by atoms with Crippen LogP contribution >= 0.6 is 0 Å². The second-order valence-electron chi connectivity index (χ2n) is 5.12. The van der Waals surface area contributed by atoms with Crippen molar-refractivity contribution in [3.63, 3.8) is 0 Å². The van der Waals surface area contributed by atoms with Gasteiger partial charge in [0.2, 0.25) is 0 Å². The Morgan fingerprint density at radius 1 is 1.05 bits per heavy atom. The van der Waals surface area contributed by atoms with Crippen molar-refractivity contribution in [1.29, 1.82) is 0 Å². The van der Waals surface area contributed by atoms with Crippen LogP contribution in [0.4, 0.5) is 5.69 Å². The predicted molar refractivity (Wildman–Crippen MR) is 83.9 cm³/mol. The summed E-state index contributed by atoms with van der Waals surface area (Å²) in [6.07, 6.45) is 1.83. The molecule has 0 spiro atoms. The summed E-state index contributed by atoms with van der Waals surface area (Å²) >= 11 is 0. The van der Waals surface area contributed by atoms with Gasteiger partial charge in [0, 0.05) is 7.05 Å². The Morgan fingerprint density at radius 3 is 2.45 bits per heavy atom. The zero-order valence-electron chi connectivity index (χ0n) is 12.0. The Hall–Kier alpha value is -2.42. The fraction of sp³-hybridized carbons (Fsp3) is 0.176. The fourth-order valence-corrected chi connectivity index (χ4v) is 2.44. The van der Waals surface area contributed by atoms with Crippen LogP contribution in [0.3, 0.4) is 0 Å². The normalized spacial score (nSPS) is 11.6. The van der Waals surface area contributed by atoms with E-state index in [1.165, 1.54) is 11.1 Å². The molecule has 1 heterocycles. The maximum absolute atomic E-state index is 4.59. The highest BCUT2D eigenvalue weighted by molar-refractivity contribution is 5.86. The van der Waals surface area contributed by atoms with Crippen LogP contribution in [0.25, 0.3) is 11.0 Å². The van der Waals surface area contributed by atoms with Crippen LogP contribution in [0.15, 0.2) is 47.5 Å². The third kappa shape index (κ3) is 2.35. The first kappa shape index (κ1) is 12.6. The van der Waals surface area contributed by atoms with E-state index in [1.54, 1.807) is 0 Å². The molecule has 3 nitrogen and oxygen atoms in total. The van der Waals surface area contributed by atoms with E-state index in [9.17, 15) is 0 Å². The second kappa shape index (κ2) is 4.93. The Labute approximate surface area is 118 Å². The number of hydrogen-bond donors (Lipinski definition) is 0. The molecule has 0 bridgehead atoms. The van der Waals surface area contributed by atoms with Crippen molar-refractivity contribution >= 4 is 22.9 Å². The molecule has 2 aromatic carbocycles. The van der Waals surface area contributed by atoms with Gasteiger partial charge in [0.1, 0.15) is 0 Å². The molecular formula is C17H17N3. The predicted octanol–water partition coefficient (Wildman–Crippen LogP) is 3.94. The molecule has 0 aliphatic heterocycles. The summed E-state index contributed by atoms with van der Waals surface area (Å²) < 4.78 is 2.06. The number of aliphatic imine (C=N–C) groups is 1. The lowest BCUT2D eigenvalue weighted by Crippen LogP contribution is -1.95. The summed E-state index contributed by atoms with van der Waals surface area (Å²) in [5.74, 6) is 0.866. The molecule has 0 saturated carbocycles. The van der Waals surface area contributed by atoms with Crippen molar-refractivity contribution in [3.8, 4) is 0 Å². The van der Waals surface area contributed by atoms with E-state index in [-0.39, 0.29) is 0 Å². The number of aryl methyl sites for hydroxylation is 3. The lowest BCUT2D eigenvalue weighted by molar-refractivity contribution is 0.935. The standard InChI is InChI=1S/C17H17N3/c1-12-8-13(2)10-14(9-12)18-11-17-19-15-6-4-5-7-16(15)20(17)3/h4-11H,1-3H3. The second-order valence-corrected chi connectivity index (χ2v) is 5.12. The van der Waals surface area contributed by atoms with E-state index >= 15 is 0 Å². The van der Waals surface area contributed by atoms with Crippen LogP contribution in [-0.4, -0.2) is 15.8 Å². The minimum absolute atomic E-state index is 0.866. The quantitative estimate of drug-likeness (QED) is 0.644. The van der Waals surface area contributed by atoms with Gasteiger partial charge in [0.25, 0.3) is 0 Å². The van der Waals surface area contributed by atoms with Crippen molar-refractivity contribution in [3.05, 3.63) is 59.4 Å². The van der Waals surface area contributed by atoms with Gasteiger partial charge in [-0.1, -0.05) is 18.2 Å². The van der Waals surface area contributed by atoms with E-state index in [0.29, 0.717) is 0 Å². The van der Waals surface area contributed by atoms with E-state index < -0.39 is 0 Å². The van der Waals surface area contributed by atoms with Crippen molar-refractivity contribution in [2.24, 2.45) is 12.0 Å². The first-order valence-corrected chi connectivity index (χ1v) is 6.67. The van der Waals surface area contributed by atoms with Gasteiger partial charge in [-0.3, -0.25) is 4.99 Å². The third-order valence-corrected chi connectivity index (χ3v) is 3.36. The van der Waals surface area contributed by atoms with Gasteiger partial charge in [-0.2, -0.15) is 0 Å². The molecule has 0 atom stereocenters. The van der Waals surface area contributed by atoms with Gasteiger partial charge in [0.05, 0.1) is 22.9 Å². The van der Waals surface area contributed by atoms with Crippen molar-refractivity contribution < 1.29 is 0 Å². The Bertz CT molecular complexity index is 777. The molecule has 0 saturated heterocycles. The maximum Gasteiger partial charge on any atom is 0.152 e. The number of hydrogen-bond acceptors (Lipinski definition) is 2. The molecule has 0 amide bonds. The molecular weight excluding hydrogens is 246 g/mol. The highest BCUT2D eigenvalue weighted by Crippen LogP contribution is 2.18. The number of imidazole rings is 1. The molecule has 0 radical (unpaired) electrons. The molecule has 0 unspecified atom stereocenters. The first-order valence-electron chi connectivity index (χ1n) is 6.67. The number of para-hydroxylation sites is 2. The van der Waals surface area contributed by atoms with Crippen LogP contribution < -0.4 is 0 Å². The largest absolute Gasteiger partial charge is 0.326 e. The minimum atomic E-state index is 0.866. The summed E-state index contributed by atoms with van der Waals surface area (Å²) in [5.41, 5.74) is 5.53. The Balaban J connectivity index is 2.00. The third-order valence-electron chi connectivity index (χ3n) is 3.36. The summed E-state index contributed by atoms with van der Waals surface area (Å²) in [6, 6.07) is 14.4. The molecule has 20 heavy (non-hydrogen) atoms. The van der Waals surface area contributed by atoms with Gasteiger partial charge < -0.3 is 4.57 Å². The summed E-state index contributed by atoms with van der Waals surface area (Å²) in [4.78, 5) is 9.13. The molecule has 0 aliphatic carbocycles. The average molecular weight is 263 g/mol. The lowest BCUT2D eigenvalue weighted by Gasteiger charge is -2.00. The molecule has 3 aromatic rings. The molecule has 0 N–H and O–H groups in total. The van der Waals surface area contributed by atoms with E-state index in [1.807, 2.05) is 31.5 Å². The van der Waals surface area contributed by atoms with Crippen LogP contribution in [0.1, 0.15) is 17.0 Å². The maximum atomic E-state index is 4.59. The topological polar surface area (TPSA) is 30.2 Å². The zero-order valence-corrected chi connectivity index (χ0v) is 12.0. The SMILES string of the molecule is Cc1cc(C)cc(N=Cc2nc3ccccc3n2C)c1. The summed E-state index contributed by atoms with van der Waals surface area (Å²) in [7, 11) is 2.01. The number of aromatic nitrogens is 2. The average Bonchev–Trinajstić information content (AvgIpc) is 2.73. The van der Waals surface area contributed by atoms with E-state index in [4.69, 9.17) is 0 Å². The smallest absolute Gasteiger partial charge is 0.152 e. The van der Waals surface area contributed by atoms with Crippen molar-refractivity contribution in [2.75, 3.05) is 0 Å². The number of benzene rings is 2. The van der Waals surface area contributed by atoms with Crippen LogP contribution in [0.2, 0.25) is 0 Å². The molecule has 0 aliphatic rings. The first-order chi connectivity index (χ1) is 9.63. The van der Waals surface area contributed by atoms with Gasteiger partial charge >= 0.3 is 0 Å². The van der Waals surface area contributed by atoms with E-state index in [0.717, 1.165) is 22.5 Å². The molecule has 3 heteroatoms. The van der Waals surface area contributed by atoms with Crippen molar-refractivity contribution in [1.82, 2.24) is 9.55 Å². The fourth-order valence-electron chi connectivity index (χ4n) is 2.44. The van der Waals surface area contributed by atoms with Gasteiger partial charge in [0.15, 0.2) is 5.82 Å². The zero-order chi connectivity index (χ0) is 14.1.